The van der Waals surface area contributed by atoms with E-state index in [1.807, 2.05) is 13.8 Å². The Morgan fingerprint density at radius 2 is 2.09 bits per heavy atom. The van der Waals surface area contributed by atoms with Crippen molar-refractivity contribution in [2.45, 2.75) is 45.8 Å². The van der Waals surface area contributed by atoms with Gasteiger partial charge in [0.2, 0.25) is 5.91 Å². The second-order valence-electron chi connectivity index (χ2n) is 5.63. The van der Waals surface area contributed by atoms with Gasteiger partial charge in [0, 0.05) is 19.2 Å². The molecule has 0 fully saturated rings. The minimum atomic E-state index is -0.535. The van der Waals surface area contributed by atoms with E-state index in [1.165, 1.54) is 9.08 Å². The second-order valence-corrected chi connectivity index (χ2v) is 5.63. The number of pyridine rings is 1. The largest absolute Gasteiger partial charge is 0.391 e. The summed E-state index contributed by atoms with van der Waals surface area (Å²) in [7, 11) is 0. The highest BCUT2D eigenvalue weighted by atomic mass is 16.3. The lowest BCUT2D eigenvalue weighted by atomic mass is 9.96. The lowest BCUT2D eigenvalue weighted by Gasteiger charge is -2.20. The molecule has 126 valence electrons. The number of carbonyl (C=O) groups excluding carboxylic acids is 1. The van der Waals surface area contributed by atoms with Crippen LogP contribution < -0.4 is 11.0 Å². The van der Waals surface area contributed by atoms with Gasteiger partial charge in [0.05, 0.1) is 12.6 Å². The van der Waals surface area contributed by atoms with Crippen molar-refractivity contribution in [3.8, 4) is 0 Å². The number of fused-ring (bicyclic) bond motifs is 1. The topological polar surface area (TPSA) is 88.6 Å². The fraction of sp³-hybridized carbons (Fsp3) is 0.562. The fourth-order valence-electron chi connectivity index (χ4n) is 2.63. The number of nitrogens with zero attached hydrogens (tertiary/aromatic N) is 3. The van der Waals surface area contributed by atoms with Crippen LogP contribution in [0.5, 0.6) is 0 Å². The van der Waals surface area contributed by atoms with E-state index in [9.17, 15) is 14.7 Å². The molecule has 0 aliphatic heterocycles. The summed E-state index contributed by atoms with van der Waals surface area (Å²) in [6.45, 7) is 4.50. The standard InChI is InChI=1S/C16H24N4O3/c1-3-12(4-2)13(21)11-17-15(22)8-10-20-16(23)19-9-6-5-7-14(19)18-20/h5-7,9,12-13,21H,3-4,8,10-11H2,1-2H3,(H,17,22). The third-order valence-corrected chi connectivity index (χ3v) is 4.14. The van der Waals surface area contributed by atoms with E-state index < -0.39 is 6.10 Å². The Morgan fingerprint density at radius 3 is 2.74 bits per heavy atom. The molecule has 0 aliphatic carbocycles. The van der Waals surface area contributed by atoms with E-state index >= 15 is 0 Å². The van der Waals surface area contributed by atoms with Crippen LogP contribution in [-0.4, -0.2) is 37.8 Å². The molecule has 1 unspecified atom stereocenters. The van der Waals surface area contributed by atoms with E-state index in [1.54, 1.807) is 24.4 Å². The molecule has 0 saturated heterocycles. The summed E-state index contributed by atoms with van der Waals surface area (Å²) < 4.78 is 2.72. The number of amides is 1. The summed E-state index contributed by atoms with van der Waals surface area (Å²) in [5.41, 5.74) is 0.299. The highest BCUT2D eigenvalue weighted by molar-refractivity contribution is 5.75. The molecular weight excluding hydrogens is 296 g/mol. The molecule has 23 heavy (non-hydrogen) atoms. The number of rotatable bonds is 8. The molecule has 0 bridgehead atoms. The van der Waals surface area contributed by atoms with Crippen molar-refractivity contribution in [3.05, 3.63) is 34.9 Å². The Morgan fingerprint density at radius 1 is 1.35 bits per heavy atom. The molecule has 2 rings (SSSR count). The van der Waals surface area contributed by atoms with Gasteiger partial charge in [-0.25, -0.2) is 9.48 Å². The van der Waals surface area contributed by atoms with Crippen molar-refractivity contribution in [1.82, 2.24) is 19.5 Å². The van der Waals surface area contributed by atoms with Gasteiger partial charge in [-0.1, -0.05) is 32.8 Å². The fourth-order valence-corrected chi connectivity index (χ4v) is 2.63. The maximum absolute atomic E-state index is 12.1. The number of aliphatic hydroxyl groups is 1. The van der Waals surface area contributed by atoms with Gasteiger partial charge in [0.1, 0.15) is 0 Å². The Bertz CT molecular complexity index is 703. The molecule has 0 radical (unpaired) electrons. The Labute approximate surface area is 134 Å². The Hall–Kier alpha value is -2.15. The van der Waals surface area contributed by atoms with Crippen LogP contribution in [0.1, 0.15) is 33.1 Å². The monoisotopic (exact) mass is 320 g/mol. The van der Waals surface area contributed by atoms with Gasteiger partial charge < -0.3 is 10.4 Å². The number of carbonyl (C=O) groups is 1. The molecule has 2 aromatic rings. The van der Waals surface area contributed by atoms with Gasteiger partial charge in [0.25, 0.3) is 0 Å². The summed E-state index contributed by atoms with van der Waals surface area (Å²) >= 11 is 0. The molecule has 7 heteroatoms. The molecule has 0 aromatic carbocycles. The number of aromatic nitrogens is 3. The highest BCUT2D eigenvalue weighted by Gasteiger charge is 2.16. The number of hydrogen-bond donors (Lipinski definition) is 2. The molecule has 1 atom stereocenters. The zero-order chi connectivity index (χ0) is 16.8. The minimum absolute atomic E-state index is 0.152. The molecule has 2 aromatic heterocycles. The van der Waals surface area contributed by atoms with Gasteiger partial charge in [-0.2, -0.15) is 0 Å². The average molecular weight is 320 g/mol. The maximum atomic E-state index is 12.1. The average Bonchev–Trinajstić information content (AvgIpc) is 2.88. The van der Waals surface area contributed by atoms with Gasteiger partial charge >= 0.3 is 5.69 Å². The van der Waals surface area contributed by atoms with E-state index in [-0.39, 0.29) is 37.0 Å². The van der Waals surface area contributed by atoms with Crippen LogP contribution >= 0.6 is 0 Å². The third kappa shape index (κ3) is 4.19. The molecule has 0 saturated carbocycles. The lowest BCUT2D eigenvalue weighted by Crippen LogP contribution is -2.36. The van der Waals surface area contributed by atoms with Crippen molar-refractivity contribution < 1.29 is 9.90 Å². The summed E-state index contributed by atoms with van der Waals surface area (Å²) in [6.07, 6.45) is 3.02. The first-order valence-corrected chi connectivity index (χ1v) is 8.05. The molecule has 2 N–H and O–H groups in total. The van der Waals surface area contributed by atoms with Crippen LogP contribution in [0.25, 0.3) is 5.65 Å². The predicted octanol–water partition coefficient (Wildman–Crippen LogP) is 0.799. The molecule has 2 heterocycles. The Balaban J connectivity index is 1.86. The first-order chi connectivity index (χ1) is 11.1. The minimum Gasteiger partial charge on any atom is -0.391 e. The van der Waals surface area contributed by atoms with Crippen LogP contribution in [0.3, 0.4) is 0 Å². The number of hydrogen-bond acceptors (Lipinski definition) is 4. The van der Waals surface area contributed by atoms with Crippen LogP contribution in [0.15, 0.2) is 29.2 Å². The van der Waals surface area contributed by atoms with Crippen molar-refractivity contribution in [2.24, 2.45) is 5.92 Å². The Kier molecular flexibility index (Phi) is 5.92. The molecule has 0 aliphatic rings. The maximum Gasteiger partial charge on any atom is 0.350 e. The molecule has 0 spiro atoms. The van der Waals surface area contributed by atoms with E-state index in [4.69, 9.17) is 0 Å². The second kappa shape index (κ2) is 7.92. The molecular formula is C16H24N4O3. The van der Waals surface area contributed by atoms with Crippen LogP contribution in [-0.2, 0) is 11.3 Å². The lowest BCUT2D eigenvalue weighted by molar-refractivity contribution is -0.122. The summed E-state index contributed by atoms with van der Waals surface area (Å²) in [5.74, 6) is -0.00433. The van der Waals surface area contributed by atoms with Crippen LogP contribution in [0, 0.1) is 5.92 Å². The first kappa shape index (κ1) is 17.2. The van der Waals surface area contributed by atoms with E-state index in [2.05, 4.69) is 10.4 Å². The normalized spacial score (nSPS) is 12.7. The zero-order valence-corrected chi connectivity index (χ0v) is 13.6. The summed E-state index contributed by atoms with van der Waals surface area (Å²) in [4.78, 5) is 23.9. The van der Waals surface area contributed by atoms with Crippen molar-refractivity contribution in [1.29, 1.82) is 0 Å². The number of nitrogens with one attached hydrogen (secondary N) is 1. The molecule has 7 nitrogen and oxygen atoms in total. The first-order valence-electron chi connectivity index (χ1n) is 8.05. The van der Waals surface area contributed by atoms with Crippen molar-refractivity contribution in [2.75, 3.05) is 6.54 Å². The van der Waals surface area contributed by atoms with E-state index in [0.717, 1.165) is 12.8 Å². The van der Waals surface area contributed by atoms with Crippen molar-refractivity contribution in [3.63, 3.8) is 0 Å². The number of aliphatic hydroxyl groups excluding tert-OH is 1. The zero-order valence-electron chi connectivity index (χ0n) is 13.6. The van der Waals surface area contributed by atoms with E-state index in [0.29, 0.717) is 5.65 Å². The predicted molar refractivity (Wildman–Crippen MR) is 87.2 cm³/mol. The quantitative estimate of drug-likeness (QED) is 0.753. The SMILES string of the molecule is CCC(CC)C(O)CNC(=O)CCn1nc2ccccn2c1=O. The molecule has 1 amide bonds. The van der Waals surface area contributed by atoms with Gasteiger partial charge in [-0.3, -0.25) is 9.20 Å². The van der Waals surface area contributed by atoms with Gasteiger partial charge in [-0.15, -0.1) is 5.10 Å². The third-order valence-electron chi connectivity index (χ3n) is 4.14. The van der Waals surface area contributed by atoms with Gasteiger partial charge in [-0.05, 0) is 18.1 Å². The number of aryl methyl sites for hydroxylation is 1. The highest BCUT2D eigenvalue weighted by Crippen LogP contribution is 2.12. The summed E-state index contributed by atoms with van der Waals surface area (Å²) in [6, 6.07) is 5.30. The smallest absolute Gasteiger partial charge is 0.350 e. The van der Waals surface area contributed by atoms with Crippen molar-refractivity contribution >= 4 is 11.6 Å². The van der Waals surface area contributed by atoms with Crippen LogP contribution in [0.2, 0.25) is 0 Å². The summed E-state index contributed by atoms with van der Waals surface area (Å²) in [5, 5.41) is 16.9. The van der Waals surface area contributed by atoms with Crippen LogP contribution in [0.4, 0.5) is 0 Å². The van der Waals surface area contributed by atoms with Gasteiger partial charge in [0.15, 0.2) is 5.65 Å².